The Morgan fingerprint density at radius 1 is 1.13 bits per heavy atom. The van der Waals surface area contributed by atoms with E-state index >= 15 is 0 Å². The molecule has 23 heavy (non-hydrogen) atoms. The number of anilines is 1. The summed E-state index contributed by atoms with van der Waals surface area (Å²) in [6.07, 6.45) is 0. The summed E-state index contributed by atoms with van der Waals surface area (Å²) in [5, 5.41) is 5.08. The van der Waals surface area contributed by atoms with Gasteiger partial charge >= 0.3 is 0 Å². The second kappa shape index (κ2) is 6.24. The molecule has 4 nitrogen and oxygen atoms in total. The average Bonchev–Trinajstić information content (AvgIpc) is 3.11. The zero-order valence-electron chi connectivity index (χ0n) is 12.3. The van der Waals surface area contributed by atoms with Gasteiger partial charge < -0.3 is 0 Å². The standard InChI is InChI=1S/C15H13ClN2O2S3/c1-9-3-4-12(6-13(9)16)18-23(19,20)14-5-11(8-21-14)15-17-10(2)7-22-15/h3-8,18H,1-2H3. The Morgan fingerprint density at radius 3 is 2.57 bits per heavy atom. The third-order valence-electron chi connectivity index (χ3n) is 3.13. The van der Waals surface area contributed by atoms with Crippen molar-refractivity contribution in [2.75, 3.05) is 4.72 Å². The van der Waals surface area contributed by atoms with Crippen molar-refractivity contribution in [2.24, 2.45) is 0 Å². The van der Waals surface area contributed by atoms with Crippen molar-refractivity contribution in [1.82, 2.24) is 4.98 Å². The Hall–Kier alpha value is -1.41. The van der Waals surface area contributed by atoms with Crippen LogP contribution in [0.5, 0.6) is 0 Å². The predicted molar refractivity (Wildman–Crippen MR) is 97.2 cm³/mol. The Kier molecular flexibility index (Phi) is 4.46. The number of halogens is 1. The van der Waals surface area contributed by atoms with Crippen molar-refractivity contribution in [3.8, 4) is 10.6 Å². The molecule has 0 amide bonds. The van der Waals surface area contributed by atoms with Gasteiger partial charge in [0.05, 0.1) is 5.69 Å². The molecule has 1 N–H and O–H groups in total. The lowest BCUT2D eigenvalue weighted by atomic mass is 10.2. The summed E-state index contributed by atoms with van der Waals surface area (Å²) in [5.74, 6) is 0. The summed E-state index contributed by atoms with van der Waals surface area (Å²) >= 11 is 8.70. The molecule has 0 bridgehead atoms. The van der Waals surface area contributed by atoms with Gasteiger partial charge in [-0.1, -0.05) is 17.7 Å². The van der Waals surface area contributed by atoms with Crippen LogP contribution in [0.1, 0.15) is 11.3 Å². The minimum absolute atomic E-state index is 0.247. The molecule has 120 valence electrons. The molecular formula is C15H13ClN2O2S3. The van der Waals surface area contributed by atoms with Crippen LogP contribution in [0.15, 0.2) is 39.2 Å². The Labute approximate surface area is 147 Å². The SMILES string of the molecule is Cc1csc(-c2csc(S(=O)(=O)Nc3ccc(C)c(Cl)c3)c2)n1. The number of thiophene rings is 1. The van der Waals surface area contributed by atoms with E-state index < -0.39 is 10.0 Å². The zero-order valence-corrected chi connectivity index (χ0v) is 15.5. The summed E-state index contributed by atoms with van der Waals surface area (Å²) < 4.78 is 27.8. The van der Waals surface area contributed by atoms with Crippen molar-refractivity contribution < 1.29 is 8.42 Å². The number of rotatable bonds is 4. The highest BCUT2D eigenvalue weighted by molar-refractivity contribution is 7.94. The molecule has 8 heteroatoms. The minimum atomic E-state index is -3.64. The third-order valence-corrected chi connectivity index (χ3v) is 7.37. The molecule has 0 atom stereocenters. The van der Waals surface area contributed by atoms with Crippen molar-refractivity contribution in [2.45, 2.75) is 18.1 Å². The molecule has 3 aromatic rings. The van der Waals surface area contributed by atoms with Crippen LogP contribution < -0.4 is 4.72 Å². The van der Waals surface area contributed by atoms with E-state index in [2.05, 4.69) is 9.71 Å². The highest BCUT2D eigenvalue weighted by atomic mass is 35.5. The van der Waals surface area contributed by atoms with Crippen LogP contribution in [0.3, 0.4) is 0 Å². The van der Waals surface area contributed by atoms with Crippen LogP contribution in [-0.2, 0) is 10.0 Å². The first kappa shape index (κ1) is 16.4. The average molecular weight is 385 g/mol. The highest BCUT2D eigenvalue weighted by Crippen LogP contribution is 2.31. The maximum absolute atomic E-state index is 12.5. The third kappa shape index (κ3) is 3.58. The van der Waals surface area contributed by atoms with Gasteiger partial charge in [-0.05, 0) is 37.6 Å². The number of aromatic nitrogens is 1. The summed E-state index contributed by atoms with van der Waals surface area (Å²) in [7, 11) is -3.64. The molecule has 0 spiro atoms. The molecule has 0 saturated carbocycles. The predicted octanol–water partition coefficient (Wildman–Crippen LogP) is 4.94. The van der Waals surface area contributed by atoms with Gasteiger partial charge in [0.2, 0.25) is 0 Å². The molecule has 0 fully saturated rings. The second-order valence-electron chi connectivity index (χ2n) is 5.02. The molecule has 0 aliphatic rings. The molecule has 2 aromatic heterocycles. The van der Waals surface area contributed by atoms with Crippen molar-refractivity contribution in [1.29, 1.82) is 0 Å². The van der Waals surface area contributed by atoms with Crippen LogP contribution in [0.4, 0.5) is 5.69 Å². The number of nitrogens with one attached hydrogen (secondary N) is 1. The molecular weight excluding hydrogens is 372 g/mol. The molecule has 0 aliphatic heterocycles. The van der Waals surface area contributed by atoms with Gasteiger partial charge in [-0.3, -0.25) is 4.72 Å². The number of hydrogen-bond donors (Lipinski definition) is 1. The van der Waals surface area contributed by atoms with Gasteiger partial charge in [-0.2, -0.15) is 0 Å². The Bertz CT molecular complexity index is 961. The van der Waals surface area contributed by atoms with Gasteiger partial charge in [-0.25, -0.2) is 13.4 Å². The summed E-state index contributed by atoms with van der Waals surface area (Å²) in [6, 6.07) is 6.71. The van der Waals surface area contributed by atoms with E-state index in [1.165, 1.54) is 22.7 Å². The van der Waals surface area contributed by atoms with Crippen molar-refractivity contribution >= 4 is 50.0 Å². The van der Waals surface area contributed by atoms with Crippen LogP contribution in [0.25, 0.3) is 10.6 Å². The number of nitrogens with zero attached hydrogens (tertiary/aromatic N) is 1. The number of hydrogen-bond acceptors (Lipinski definition) is 5. The van der Waals surface area contributed by atoms with Gasteiger partial charge in [0.25, 0.3) is 10.0 Å². The first-order chi connectivity index (χ1) is 10.8. The van der Waals surface area contributed by atoms with Crippen LogP contribution in [-0.4, -0.2) is 13.4 Å². The second-order valence-corrected chi connectivity index (χ2v) is 9.10. The van der Waals surface area contributed by atoms with E-state index in [-0.39, 0.29) is 4.21 Å². The molecule has 0 saturated heterocycles. The Balaban J connectivity index is 1.88. The first-order valence-electron chi connectivity index (χ1n) is 6.65. The fraction of sp³-hybridized carbons (Fsp3) is 0.133. The van der Waals surface area contributed by atoms with E-state index in [0.717, 1.165) is 21.8 Å². The van der Waals surface area contributed by atoms with E-state index in [1.807, 2.05) is 19.2 Å². The van der Waals surface area contributed by atoms with Gasteiger partial charge in [0, 0.05) is 27.0 Å². The van der Waals surface area contributed by atoms with E-state index in [1.54, 1.807) is 29.6 Å². The van der Waals surface area contributed by atoms with Gasteiger partial charge in [0.1, 0.15) is 9.22 Å². The number of sulfonamides is 1. The van der Waals surface area contributed by atoms with Crippen LogP contribution >= 0.6 is 34.3 Å². The molecule has 0 radical (unpaired) electrons. The lowest BCUT2D eigenvalue weighted by Gasteiger charge is -2.07. The summed E-state index contributed by atoms with van der Waals surface area (Å²) in [5.41, 5.74) is 3.08. The number of aryl methyl sites for hydroxylation is 2. The largest absolute Gasteiger partial charge is 0.279 e. The topological polar surface area (TPSA) is 59.1 Å². The fourth-order valence-electron chi connectivity index (χ4n) is 1.92. The van der Waals surface area contributed by atoms with Gasteiger partial charge in [0.15, 0.2) is 0 Å². The van der Waals surface area contributed by atoms with Crippen LogP contribution in [0.2, 0.25) is 5.02 Å². The molecule has 1 aromatic carbocycles. The smallest absolute Gasteiger partial charge is 0.271 e. The number of thiazole rings is 1. The van der Waals surface area contributed by atoms with Gasteiger partial charge in [-0.15, -0.1) is 22.7 Å². The molecule has 0 unspecified atom stereocenters. The lowest BCUT2D eigenvalue weighted by molar-refractivity contribution is 0.603. The lowest BCUT2D eigenvalue weighted by Crippen LogP contribution is -2.11. The normalized spacial score (nSPS) is 11.6. The zero-order chi connectivity index (χ0) is 16.6. The highest BCUT2D eigenvalue weighted by Gasteiger charge is 2.18. The first-order valence-corrected chi connectivity index (χ1v) is 10.3. The summed E-state index contributed by atoms with van der Waals surface area (Å²) in [4.78, 5) is 4.37. The maximum atomic E-state index is 12.5. The number of benzene rings is 1. The van der Waals surface area contributed by atoms with E-state index in [4.69, 9.17) is 11.6 Å². The molecule has 0 aliphatic carbocycles. The summed E-state index contributed by atoms with van der Waals surface area (Å²) in [6.45, 7) is 3.77. The fourth-order valence-corrected chi connectivity index (χ4v) is 5.17. The van der Waals surface area contributed by atoms with E-state index in [0.29, 0.717) is 10.7 Å². The molecule has 2 heterocycles. The Morgan fingerprint density at radius 2 is 1.91 bits per heavy atom. The van der Waals surface area contributed by atoms with E-state index in [9.17, 15) is 8.42 Å². The maximum Gasteiger partial charge on any atom is 0.271 e. The van der Waals surface area contributed by atoms with Crippen molar-refractivity contribution in [3.63, 3.8) is 0 Å². The van der Waals surface area contributed by atoms with Crippen LogP contribution in [0, 0.1) is 13.8 Å². The van der Waals surface area contributed by atoms with Crippen molar-refractivity contribution in [3.05, 3.63) is 51.3 Å². The molecule has 3 rings (SSSR count). The minimum Gasteiger partial charge on any atom is -0.279 e. The monoisotopic (exact) mass is 384 g/mol. The quantitative estimate of drug-likeness (QED) is 0.692.